The quantitative estimate of drug-likeness (QED) is 0.882. The zero-order chi connectivity index (χ0) is 16.9. The van der Waals surface area contributed by atoms with Crippen LogP contribution in [0.5, 0.6) is 0 Å². The number of aliphatic hydroxyl groups is 1. The first kappa shape index (κ1) is 16.5. The number of anilines is 1. The van der Waals surface area contributed by atoms with E-state index in [0.29, 0.717) is 38.0 Å². The van der Waals surface area contributed by atoms with Crippen LogP contribution in [0.1, 0.15) is 35.8 Å². The van der Waals surface area contributed by atoms with E-state index in [1.54, 1.807) is 0 Å². The lowest BCUT2D eigenvalue weighted by molar-refractivity contribution is 0.0546. The molecule has 6 heteroatoms. The number of nitrogens with zero attached hydrogens (tertiary/aromatic N) is 3. The van der Waals surface area contributed by atoms with E-state index in [1.807, 2.05) is 46.1 Å². The number of amides is 1. The van der Waals surface area contributed by atoms with Gasteiger partial charge in [0.25, 0.3) is 5.91 Å². The molecule has 0 bridgehead atoms. The molecule has 0 aliphatic carbocycles. The normalized spacial score (nSPS) is 15.5. The van der Waals surface area contributed by atoms with E-state index in [9.17, 15) is 9.90 Å². The zero-order valence-electron chi connectivity index (χ0n) is 14.0. The van der Waals surface area contributed by atoms with Gasteiger partial charge in [0.2, 0.25) is 0 Å². The van der Waals surface area contributed by atoms with Crippen molar-refractivity contribution in [3.05, 3.63) is 47.8 Å². The zero-order valence-corrected chi connectivity index (χ0v) is 14.0. The topological polar surface area (TPSA) is 70.4 Å². The number of aliphatic hydroxyl groups excluding tert-OH is 1. The number of carbonyl (C=O) groups is 1. The minimum atomic E-state index is -0.267. The van der Waals surface area contributed by atoms with Crippen LogP contribution in [0.25, 0.3) is 0 Å². The van der Waals surface area contributed by atoms with E-state index in [1.165, 1.54) is 0 Å². The summed E-state index contributed by atoms with van der Waals surface area (Å²) >= 11 is 0. The maximum Gasteiger partial charge on any atom is 0.253 e. The molecular formula is C18H24N4O2. The molecule has 1 fully saturated rings. The van der Waals surface area contributed by atoms with Gasteiger partial charge in [-0.1, -0.05) is 0 Å². The van der Waals surface area contributed by atoms with Crippen LogP contribution < -0.4 is 5.32 Å². The van der Waals surface area contributed by atoms with Crippen LogP contribution in [0.2, 0.25) is 0 Å². The molecule has 0 spiro atoms. The van der Waals surface area contributed by atoms with Crippen molar-refractivity contribution in [2.45, 2.75) is 39.0 Å². The van der Waals surface area contributed by atoms with Gasteiger partial charge in [0, 0.05) is 37.1 Å². The number of likely N-dealkylation sites (tertiary alicyclic amines) is 1. The van der Waals surface area contributed by atoms with Gasteiger partial charge in [0.05, 0.1) is 18.3 Å². The second-order valence-corrected chi connectivity index (χ2v) is 6.12. The number of hydrogen-bond acceptors (Lipinski definition) is 4. The molecule has 0 radical (unpaired) electrons. The Labute approximate surface area is 142 Å². The summed E-state index contributed by atoms with van der Waals surface area (Å²) in [6, 6.07) is 9.53. The van der Waals surface area contributed by atoms with Gasteiger partial charge in [-0.05, 0) is 50.1 Å². The van der Waals surface area contributed by atoms with E-state index < -0.39 is 0 Å². The van der Waals surface area contributed by atoms with Crippen LogP contribution in [0, 0.1) is 0 Å². The fourth-order valence-electron chi connectivity index (χ4n) is 2.85. The molecule has 2 heterocycles. The number of carbonyl (C=O) groups excluding carboxylic acids is 1. The van der Waals surface area contributed by atoms with Crippen LogP contribution in [0.3, 0.4) is 0 Å². The third kappa shape index (κ3) is 3.94. The average Bonchev–Trinajstić information content (AvgIpc) is 3.09. The van der Waals surface area contributed by atoms with E-state index >= 15 is 0 Å². The molecule has 1 aliphatic heterocycles. The molecule has 6 nitrogen and oxygen atoms in total. The lowest BCUT2D eigenvalue weighted by Crippen LogP contribution is -2.40. The molecule has 24 heavy (non-hydrogen) atoms. The Bertz CT molecular complexity index is 673. The summed E-state index contributed by atoms with van der Waals surface area (Å²) < 4.78 is 1.90. The maximum atomic E-state index is 12.4. The van der Waals surface area contributed by atoms with Crippen LogP contribution in [0.4, 0.5) is 5.69 Å². The third-order valence-corrected chi connectivity index (χ3v) is 4.38. The Hall–Kier alpha value is -2.34. The molecule has 3 rings (SSSR count). The van der Waals surface area contributed by atoms with E-state index in [4.69, 9.17) is 0 Å². The van der Waals surface area contributed by atoms with Gasteiger partial charge in [-0.3, -0.25) is 9.48 Å². The van der Waals surface area contributed by atoms with Gasteiger partial charge in [-0.15, -0.1) is 0 Å². The average molecular weight is 328 g/mol. The minimum absolute atomic E-state index is 0.0372. The second-order valence-electron chi connectivity index (χ2n) is 6.12. The van der Waals surface area contributed by atoms with Gasteiger partial charge in [-0.2, -0.15) is 5.10 Å². The first-order chi connectivity index (χ1) is 11.7. The number of aromatic nitrogens is 2. The third-order valence-electron chi connectivity index (χ3n) is 4.38. The van der Waals surface area contributed by atoms with E-state index in [0.717, 1.165) is 17.9 Å². The van der Waals surface area contributed by atoms with Crippen molar-refractivity contribution in [2.24, 2.45) is 0 Å². The predicted octanol–water partition coefficient (Wildman–Crippen LogP) is 2.11. The highest BCUT2D eigenvalue weighted by Crippen LogP contribution is 2.16. The summed E-state index contributed by atoms with van der Waals surface area (Å²) in [7, 11) is 0. The molecule has 1 amide bonds. The Kier molecular flexibility index (Phi) is 5.15. The van der Waals surface area contributed by atoms with Crippen molar-refractivity contribution < 1.29 is 9.90 Å². The number of nitrogens with one attached hydrogen (secondary N) is 1. The molecule has 2 aromatic rings. The summed E-state index contributed by atoms with van der Waals surface area (Å²) in [5, 5.41) is 17.3. The lowest BCUT2D eigenvalue weighted by Gasteiger charge is -2.29. The molecule has 1 aromatic heterocycles. The Morgan fingerprint density at radius 3 is 2.58 bits per heavy atom. The Morgan fingerprint density at radius 2 is 1.96 bits per heavy atom. The van der Waals surface area contributed by atoms with Gasteiger partial charge in [0.1, 0.15) is 0 Å². The van der Waals surface area contributed by atoms with Crippen LogP contribution in [-0.2, 0) is 13.1 Å². The van der Waals surface area contributed by atoms with Crippen molar-refractivity contribution in [1.82, 2.24) is 14.7 Å². The number of piperidine rings is 1. The smallest absolute Gasteiger partial charge is 0.253 e. The summed E-state index contributed by atoms with van der Waals surface area (Å²) in [5.74, 6) is 0.0372. The van der Waals surface area contributed by atoms with Crippen LogP contribution in [-0.4, -0.2) is 44.9 Å². The molecule has 1 aliphatic rings. The minimum Gasteiger partial charge on any atom is -0.393 e. The summed E-state index contributed by atoms with van der Waals surface area (Å²) in [4.78, 5) is 14.3. The first-order valence-corrected chi connectivity index (χ1v) is 8.49. The molecule has 0 atom stereocenters. The van der Waals surface area contributed by atoms with E-state index in [-0.39, 0.29) is 12.0 Å². The van der Waals surface area contributed by atoms with Crippen molar-refractivity contribution >= 4 is 11.6 Å². The molecular weight excluding hydrogens is 304 g/mol. The van der Waals surface area contributed by atoms with Gasteiger partial charge in [-0.25, -0.2) is 0 Å². The van der Waals surface area contributed by atoms with Crippen LogP contribution >= 0.6 is 0 Å². The predicted molar refractivity (Wildman–Crippen MR) is 92.8 cm³/mol. The summed E-state index contributed by atoms with van der Waals surface area (Å²) in [6.07, 6.45) is 3.02. The Morgan fingerprint density at radius 1 is 1.25 bits per heavy atom. The Balaban J connectivity index is 1.55. The number of hydrogen-bond donors (Lipinski definition) is 2. The molecule has 2 N–H and O–H groups in total. The van der Waals surface area contributed by atoms with Gasteiger partial charge >= 0.3 is 0 Å². The fourth-order valence-corrected chi connectivity index (χ4v) is 2.85. The molecule has 1 aromatic carbocycles. The highest BCUT2D eigenvalue weighted by molar-refractivity contribution is 5.94. The second kappa shape index (κ2) is 7.49. The molecule has 128 valence electrons. The molecule has 0 saturated carbocycles. The first-order valence-electron chi connectivity index (χ1n) is 8.49. The largest absolute Gasteiger partial charge is 0.393 e. The molecule has 0 unspecified atom stereocenters. The number of rotatable bonds is 5. The monoisotopic (exact) mass is 328 g/mol. The number of aryl methyl sites for hydroxylation is 1. The SMILES string of the molecule is CCn1ccc(CNc2ccc(C(=O)N3CCC(O)CC3)cc2)n1. The lowest BCUT2D eigenvalue weighted by atomic mass is 10.1. The fraction of sp³-hybridized carbons (Fsp3) is 0.444. The van der Waals surface area contributed by atoms with E-state index in [2.05, 4.69) is 17.3 Å². The van der Waals surface area contributed by atoms with Crippen molar-refractivity contribution in [1.29, 1.82) is 0 Å². The number of benzene rings is 1. The highest BCUT2D eigenvalue weighted by atomic mass is 16.3. The maximum absolute atomic E-state index is 12.4. The molecule has 1 saturated heterocycles. The highest BCUT2D eigenvalue weighted by Gasteiger charge is 2.22. The van der Waals surface area contributed by atoms with Gasteiger partial charge in [0.15, 0.2) is 0 Å². The van der Waals surface area contributed by atoms with Crippen LogP contribution in [0.15, 0.2) is 36.5 Å². The standard InChI is InChI=1S/C18H24N4O2/c1-2-22-12-7-16(20-22)13-19-15-5-3-14(4-6-15)18(24)21-10-8-17(23)9-11-21/h3-7,12,17,19,23H,2,8-11,13H2,1H3. The summed E-state index contributed by atoms with van der Waals surface area (Å²) in [5.41, 5.74) is 2.64. The summed E-state index contributed by atoms with van der Waals surface area (Å²) in [6.45, 7) is 4.83. The van der Waals surface area contributed by atoms with Crippen molar-refractivity contribution in [3.8, 4) is 0 Å². The van der Waals surface area contributed by atoms with Gasteiger partial charge < -0.3 is 15.3 Å². The van der Waals surface area contributed by atoms with Crippen molar-refractivity contribution in [2.75, 3.05) is 18.4 Å². The van der Waals surface area contributed by atoms with Crippen molar-refractivity contribution in [3.63, 3.8) is 0 Å².